The molecule has 0 N–H and O–H groups in total. The van der Waals surface area contributed by atoms with E-state index in [9.17, 15) is 4.79 Å². The van der Waals surface area contributed by atoms with E-state index < -0.39 is 0 Å². The first-order valence-electron chi connectivity index (χ1n) is 10.5. The highest BCUT2D eigenvalue weighted by molar-refractivity contribution is 5.80. The van der Waals surface area contributed by atoms with E-state index in [2.05, 4.69) is 19.1 Å². The van der Waals surface area contributed by atoms with Crippen molar-refractivity contribution in [3.63, 3.8) is 0 Å². The number of aryl methyl sites for hydroxylation is 1. The Labute approximate surface area is 167 Å². The summed E-state index contributed by atoms with van der Waals surface area (Å²) in [5.41, 5.74) is 3.59. The number of methoxy groups -OCH3 is 2. The van der Waals surface area contributed by atoms with Crippen LogP contribution in [0.5, 0.6) is 5.75 Å². The van der Waals surface area contributed by atoms with Crippen LogP contribution >= 0.6 is 0 Å². The molecular formula is C23H32O5. The second-order valence-corrected chi connectivity index (χ2v) is 8.86. The first-order valence-corrected chi connectivity index (χ1v) is 10.5. The second-order valence-electron chi connectivity index (χ2n) is 8.86. The average molecular weight is 389 g/mol. The zero-order valence-electron chi connectivity index (χ0n) is 17.2. The van der Waals surface area contributed by atoms with Crippen LogP contribution in [0, 0.1) is 17.3 Å². The van der Waals surface area contributed by atoms with Crippen LogP contribution in [0.1, 0.15) is 66.4 Å². The van der Waals surface area contributed by atoms with Gasteiger partial charge in [-0.05, 0) is 85.0 Å². The molecule has 0 unspecified atom stereocenters. The standard InChI is InChI=1S/C23H32O5/c1-23-9-8-17-18(20(23)6-7-22(23)28-14-26-3)5-4-15-11-21(27-13-25-2)16(12-24)10-19(15)17/h10-12,17-18,20,22H,4-9,13-14H2,1-3H3/t17-,18-,20-,22-,23-/m0/s1. The molecule has 28 heavy (non-hydrogen) atoms. The lowest BCUT2D eigenvalue weighted by molar-refractivity contribution is -0.125. The van der Waals surface area contributed by atoms with E-state index in [1.54, 1.807) is 14.2 Å². The Morgan fingerprint density at radius 3 is 2.68 bits per heavy atom. The van der Waals surface area contributed by atoms with Crippen LogP contribution in [-0.2, 0) is 20.6 Å². The average Bonchev–Trinajstić information content (AvgIpc) is 3.05. The molecule has 3 aliphatic rings. The summed E-state index contributed by atoms with van der Waals surface area (Å²) >= 11 is 0. The molecule has 4 rings (SSSR count). The maximum Gasteiger partial charge on any atom is 0.188 e. The summed E-state index contributed by atoms with van der Waals surface area (Å²) < 4.78 is 21.9. The Hall–Kier alpha value is -1.43. The second kappa shape index (κ2) is 8.13. The lowest BCUT2D eigenvalue weighted by Gasteiger charge is -2.50. The van der Waals surface area contributed by atoms with Crippen LogP contribution in [0.15, 0.2) is 12.1 Å². The van der Waals surface area contributed by atoms with E-state index in [1.807, 2.05) is 0 Å². The number of carbonyl (C=O) groups is 1. The third-order valence-electron chi connectivity index (χ3n) is 7.61. The van der Waals surface area contributed by atoms with Gasteiger partial charge in [-0.15, -0.1) is 0 Å². The van der Waals surface area contributed by atoms with Crippen molar-refractivity contribution in [1.82, 2.24) is 0 Å². The van der Waals surface area contributed by atoms with Crippen LogP contribution in [0.2, 0.25) is 0 Å². The summed E-state index contributed by atoms with van der Waals surface area (Å²) in [7, 11) is 3.28. The zero-order chi connectivity index (χ0) is 19.7. The van der Waals surface area contributed by atoms with Gasteiger partial charge in [0.15, 0.2) is 13.1 Å². The normalized spacial score (nSPS) is 33.7. The van der Waals surface area contributed by atoms with Crippen molar-refractivity contribution in [2.75, 3.05) is 27.8 Å². The topological polar surface area (TPSA) is 54.0 Å². The van der Waals surface area contributed by atoms with E-state index in [-0.39, 0.29) is 12.2 Å². The number of hydrogen-bond acceptors (Lipinski definition) is 5. The minimum atomic E-state index is 0.162. The number of benzene rings is 1. The molecule has 2 fully saturated rings. The van der Waals surface area contributed by atoms with Crippen LogP contribution in [0.4, 0.5) is 0 Å². The molecule has 0 radical (unpaired) electrons. The molecule has 5 atom stereocenters. The minimum Gasteiger partial charge on any atom is -0.467 e. The Morgan fingerprint density at radius 1 is 1.11 bits per heavy atom. The van der Waals surface area contributed by atoms with Gasteiger partial charge in [-0.3, -0.25) is 4.79 Å². The number of hydrogen-bond donors (Lipinski definition) is 0. The van der Waals surface area contributed by atoms with Crippen molar-refractivity contribution in [2.45, 2.75) is 57.5 Å². The number of rotatable bonds is 7. The van der Waals surface area contributed by atoms with Crippen LogP contribution < -0.4 is 4.74 Å². The number of carbonyl (C=O) groups excluding carboxylic acids is 1. The number of fused-ring (bicyclic) bond motifs is 5. The highest BCUT2D eigenvalue weighted by atomic mass is 16.7. The molecule has 0 amide bonds. The molecule has 5 heteroatoms. The predicted octanol–water partition coefficient (Wildman–Crippen LogP) is 4.33. The molecule has 154 valence electrons. The molecule has 0 aliphatic heterocycles. The Bertz CT molecular complexity index is 717. The molecule has 0 bridgehead atoms. The van der Waals surface area contributed by atoms with E-state index in [0.717, 1.165) is 25.5 Å². The lowest BCUT2D eigenvalue weighted by Crippen LogP contribution is -2.44. The highest BCUT2D eigenvalue weighted by Crippen LogP contribution is 2.61. The molecule has 1 aromatic rings. The Kier molecular flexibility index (Phi) is 5.77. The monoisotopic (exact) mass is 388 g/mol. The maximum absolute atomic E-state index is 11.7. The van der Waals surface area contributed by atoms with E-state index in [0.29, 0.717) is 42.0 Å². The smallest absolute Gasteiger partial charge is 0.188 e. The molecule has 1 aromatic carbocycles. The summed E-state index contributed by atoms with van der Waals surface area (Å²) in [5, 5.41) is 0. The fraction of sp³-hybridized carbons (Fsp3) is 0.696. The molecular weight excluding hydrogens is 356 g/mol. The maximum atomic E-state index is 11.7. The van der Waals surface area contributed by atoms with Crippen molar-refractivity contribution >= 4 is 6.29 Å². The van der Waals surface area contributed by atoms with Gasteiger partial charge in [0.05, 0.1) is 11.7 Å². The molecule has 0 spiro atoms. The summed E-state index contributed by atoms with van der Waals surface area (Å²) in [6.45, 7) is 2.97. The molecule has 5 nitrogen and oxygen atoms in total. The van der Waals surface area contributed by atoms with Crippen LogP contribution in [-0.4, -0.2) is 40.2 Å². The molecule has 0 heterocycles. The summed E-state index contributed by atoms with van der Waals surface area (Å²) in [6, 6.07) is 4.15. The number of ether oxygens (including phenoxy) is 4. The van der Waals surface area contributed by atoms with Crippen molar-refractivity contribution in [3.05, 3.63) is 28.8 Å². The minimum absolute atomic E-state index is 0.162. The third-order valence-corrected chi connectivity index (χ3v) is 7.61. The van der Waals surface area contributed by atoms with Gasteiger partial charge in [0.2, 0.25) is 0 Å². The summed E-state index contributed by atoms with van der Waals surface area (Å²) in [4.78, 5) is 11.7. The fourth-order valence-electron chi connectivity index (χ4n) is 6.33. The van der Waals surface area contributed by atoms with Gasteiger partial charge in [-0.25, -0.2) is 0 Å². The van der Waals surface area contributed by atoms with Gasteiger partial charge in [-0.2, -0.15) is 0 Å². The van der Waals surface area contributed by atoms with Crippen molar-refractivity contribution in [3.8, 4) is 5.75 Å². The zero-order valence-corrected chi connectivity index (χ0v) is 17.2. The summed E-state index contributed by atoms with van der Waals surface area (Å²) in [5.74, 6) is 2.54. The van der Waals surface area contributed by atoms with Crippen molar-refractivity contribution in [1.29, 1.82) is 0 Å². The molecule has 0 aromatic heterocycles. The van der Waals surface area contributed by atoms with Crippen molar-refractivity contribution < 1.29 is 23.7 Å². The van der Waals surface area contributed by atoms with E-state index >= 15 is 0 Å². The Balaban J connectivity index is 1.60. The number of aldehydes is 1. The summed E-state index contributed by atoms with van der Waals surface area (Å²) in [6.07, 6.45) is 8.16. The van der Waals surface area contributed by atoms with Gasteiger partial charge in [0.25, 0.3) is 0 Å². The molecule has 2 saturated carbocycles. The Morgan fingerprint density at radius 2 is 1.93 bits per heavy atom. The predicted molar refractivity (Wildman–Crippen MR) is 106 cm³/mol. The van der Waals surface area contributed by atoms with Crippen LogP contribution in [0.3, 0.4) is 0 Å². The van der Waals surface area contributed by atoms with Gasteiger partial charge < -0.3 is 18.9 Å². The van der Waals surface area contributed by atoms with Gasteiger partial charge in [0, 0.05) is 14.2 Å². The van der Waals surface area contributed by atoms with E-state index in [1.165, 1.54) is 30.4 Å². The largest absolute Gasteiger partial charge is 0.467 e. The first kappa shape index (κ1) is 19.9. The van der Waals surface area contributed by atoms with Gasteiger partial charge in [0.1, 0.15) is 12.5 Å². The highest BCUT2D eigenvalue weighted by Gasteiger charge is 2.55. The molecule has 0 saturated heterocycles. The SMILES string of the molecule is COCOc1cc2c(cc1C=O)[C@H]1CC[C@]3(C)[C@@H](OCOC)CC[C@H]3[C@H]1CC2. The molecule has 3 aliphatic carbocycles. The van der Waals surface area contributed by atoms with Gasteiger partial charge in [-0.1, -0.05) is 6.92 Å². The quantitative estimate of drug-likeness (QED) is 0.514. The fourth-order valence-corrected chi connectivity index (χ4v) is 6.33. The lowest BCUT2D eigenvalue weighted by atomic mass is 9.55. The van der Waals surface area contributed by atoms with Crippen molar-refractivity contribution in [2.24, 2.45) is 17.3 Å². The van der Waals surface area contributed by atoms with Gasteiger partial charge >= 0.3 is 0 Å². The first-order chi connectivity index (χ1) is 13.6. The third kappa shape index (κ3) is 3.27. The van der Waals surface area contributed by atoms with E-state index in [4.69, 9.17) is 18.9 Å². The van der Waals surface area contributed by atoms with Crippen LogP contribution in [0.25, 0.3) is 0 Å².